The highest BCUT2D eigenvalue weighted by Gasteiger charge is 1.92. The lowest BCUT2D eigenvalue weighted by Crippen LogP contribution is -2.08. The fraction of sp³-hybridized carbons (Fsp3) is 0. The van der Waals surface area contributed by atoms with Gasteiger partial charge in [-0.1, -0.05) is 6.07 Å². The molecule has 0 aliphatic heterocycles. The van der Waals surface area contributed by atoms with Crippen molar-refractivity contribution in [2.24, 2.45) is 5.73 Å². The maximum absolute atomic E-state index is 6.94. The van der Waals surface area contributed by atoms with Gasteiger partial charge in [0.15, 0.2) is 0 Å². The minimum atomic E-state index is 0. The Kier molecular flexibility index (Phi) is 2.87. The van der Waals surface area contributed by atoms with Crippen LogP contribution < -0.4 is 5.73 Å². The molecule has 0 aliphatic rings. The van der Waals surface area contributed by atoms with Gasteiger partial charge in [0.2, 0.25) is 0 Å². The Bertz CT molecular complexity index is 183. The van der Waals surface area contributed by atoms with Crippen LogP contribution in [0.25, 0.3) is 0 Å². The van der Waals surface area contributed by atoms with E-state index in [9.17, 15) is 0 Å². The molecule has 1 aromatic heterocycles. The summed E-state index contributed by atoms with van der Waals surface area (Å²) in [5.41, 5.74) is 5.15. The predicted molar refractivity (Wildman–Crippen MR) is 37.8 cm³/mol. The first-order chi connectivity index (χ1) is 3.80. The third kappa shape index (κ3) is 1.81. The summed E-state index contributed by atoms with van der Waals surface area (Å²) in [5, 5.41) is 8.84. The molecular formula is C5H7FN2S. The van der Waals surface area contributed by atoms with Crippen LogP contribution in [0, 0.1) is 5.41 Å². The van der Waals surface area contributed by atoms with E-state index in [1.165, 1.54) is 11.3 Å². The second kappa shape index (κ2) is 3.19. The average Bonchev–Trinajstić information content (AvgIpc) is 2.12. The molecule has 50 valence electrons. The second-order valence-electron chi connectivity index (χ2n) is 1.39. The highest BCUT2D eigenvalue weighted by Crippen LogP contribution is 2.05. The molecule has 0 aliphatic carbocycles. The molecule has 0 radical (unpaired) electrons. The molecular weight excluding hydrogens is 139 g/mol. The van der Waals surface area contributed by atoms with Crippen molar-refractivity contribution in [2.75, 3.05) is 0 Å². The highest BCUT2D eigenvalue weighted by atomic mass is 32.1. The Hall–Kier alpha value is -0.900. The zero-order chi connectivity index (χ0) is 5.98. The summed E-state index contributed by atoms with van der Waals surface area (Å²) in [4.78, 5) is 0.838. The topological polar surface area (TPSA) is 49.9 Å². The Morgan fingerprint density at radius 1 is 1.67 bits per heavy atom. The van der Waals surface area contributed by atoms with Gasteiger partial charge < -0.3 is 5.73 Å². The zero-order valence-corrected chi connectivity index (χ0v) is 5.44. The monoisotopic (exact) mass is 146 g/mol. The maximum Gasteiger partial charge on any atom is 0.133 e. The number of amidine groups is 1. The van der Waals surface area contributed by atoms with Crippen molar-refractivity contribution in [2.45, 2.75) is 0 Å². The van der Waals surface area contributed by atoms with Crippen LogP contribution in [0.15, 0.2) is 17.5 Å². The van der Waals surface area contributed by atoms with E-state index in [1.807, 2.05) is 17.5 Å². The molecule has 0 fully saturated rings. The number of hydrogen-bond acceptors (Lipinski definition) is 2. The smallest absolute Gasteiger partial charge is 0.133 e. The van der Waals surface area contributed by atoms with Gasteiger partial charge in [-0.2, -0.15) is 0 Å². The fourth-order valence-corrected chi connectivity index (χ4v) is 1.02. The summed E-state index contributed by atoms with van der Waals surface area (Å²) in [7, 11) is 0. The van der Waals surface area contributed by atoms with Crippen LogP contribution in [-0.4, -0.2) is 5.84 Å². The number of nitrogens with one attached hydrogen (secondary N) is 1. The fourth-order valence-electron chi connectivity index (χ4n) is 0.432. The SMILES string of the molecule is F.N=C(N)c1cccs1. The molecule has 4 heteroatoms. The van der Waals surface area contributed by atoms with Crippen LogP contribution in [0.5, 0.6) is 0 Å². The van der Waals surface area contributed by atoms with Gasteiger partial charge in [-0.05, 0) is 11.4 Å². The summed E-state index contributed by atoms with van der Waals surface area (Å²) >= 11 is 1.48. The molecule has 0 unspecified atom stereocenters. The Labute approximate surface area is 56.2 Å². The van der Waals surface area contributed by atoms with Gasteiger partial charge in [-0.25, -0.2) is 0 Å². The molecule has 0 bridgehead atoms. The molecule has 0 amide bonds. The van der Waals surface area contributed by atoms with Gasteiger partial charge in [0, 0.05) is 0 Å². The molecule has 0 atom stereocenters. The minimum Gasteiger partial charge on any atom is -0.383 e. The molecule has 2 nitrogen and oxygen atoms in total. The first kappa shape index (κ1) is 8.10. The lowest BCUT2D eigenvalue weighted by Gasteiger charge is -1.84. The van der Waals surface area contributed by atoms with Crippen molar-refractivity contribution in [3.05, 3.63) is 22.4 Å². The summed E-state index contributed by atoms with van der Waals surface area (Å²) in [6.07, 6.45) is 0. The van der Waals surface area contributed by atoms with Crippen LogP contribution in [0.4, 0.5) is 4.70 Å². The van der Waals surface area contributed by atoms with Crippen molar-refractivity contribution < 1.29 is 4.70 Å². The van der Waals surface area contributed by atoms with Gasteiger partial charge in [0.1, 0.15) is 5.84 Å². The molecule has 9 heavy (non-hydrogen) atoms. The Morgan fingerprint density at radius 2 is 2.33 bits per heavy atom. The molecule has 1 heterocycles. The summed E-state index contributed by atoms with van der Waals surface area (Å²) in [6, 6.07) is 3.70. The summed E-state index contributed by atoms with van der Waals surface area (Å²) < 4.78 is 0. The highest BCUT2D eigenvalue weighted by molar-refractivity contribution is 7.12. The van der Waals surface area contributed by atoms with Crippen molar-refractivity contribution in [3.63, 3.8) is 0 Å². The van der Waals surface area contributed by atoms with Gasteiger partial charge in [0.25, 0.3) is 0 Å². The van der Waals surface area contributed by atoms with Crippen LogP contribution >= 0.6 is 11.3 Å². The Balaban J connectivity index is 0.000000640. The first-order valence-electron chi connectivity index (χ1n) is 2.18. The van der Waals surface area contributed by atoms with Crippen molar-refractivity contribution in [1.29, 1.82) is 5.41 Å². The first-order valence-corrected chi connectivity index (χ1v) is 3.06. The van der Waals surface area contributed by atoms with Gasteiger partial charge >= 0.3 is 0 Å². The van der Waals surface area contributed by atoms with E-state index < -0.39 is 0 Å². The maximum atomic E-state index is 6.94. The largest absolute Gasteiger partial charge is 0.383 e. The molecule has 1 aromatic rings. The van der Waals surface area contributed by atoms with E-state index in [4.69, 9.17) is 11.1 Å². The molecule has 1 rings (SSSR count). The third-order valence-corrected chi connectivity index (χ3v) is 1.69. The summed E-state index contributed by atoms with van der Waals surface area (Å²) in [5.74, 6) is 0.153. The van der Waals surface area contributed by atoms with Crippen LogP contribution in [0.3, 0.4) is 0 Å². The average molecular weight is 146 g/mol. The van der Waals surface area contributed by atoms with Crippen LogP contribution in [0.1, 0.15) is 4.88 Å². The lowest BCUT2D eigenvalue weighted by atomic mass is 10.4. The zero-order valence-electron chi connectivity index (χ0n) is 4.63. The number of nitrogens with two attached hydrogens (primary N) is 1. The number of hydrogen-bond donors (Lipinski definition) is 2. The minimum absolute atomic E-state index is 0. The second-order valence-corrected chi connectivity index (χ2v) is 2.34. The van der Waals surface area contributed by atoms with Gasteiger partial charge in [-0.15, -0.1) is 11.3 Å². The number of nitrogen functional groups attached to an aromatic ring is 1. The van der Waals surface area contributed by atoms with Crippen molar-refractivity contribution in [1.82, 2.24) is 0 Å². The summed E-state index contributed by atoms with van der Waals surface area (Å²) in [6.45, 7) is 0. The van der Waals surface area contributed by atoms with E-state index in [-0.39, 0.29) is 10.5 Å². The van der Waals surface area contributed by atoms with Crippen molar-refractivity contribution in [3.8, 4) is 0 Å². The molecule has 0 aromatic carbocycles. The molecule has 0 saturated heterocycles. The number of rotatable bonds is 1. The van der Waals surface area contributed by atoms with Crippen LogP contribution in [-0.2, 0) is 0 Å². The van der Waals surface area contributed by atoms with Gasteiger partial charge in [0.05, 0.1) is 4.88 Å². The van der Waals surface area contributed by atoms with E-state index in [2.05, 4.69) is 0 Å². The van der Waals surface area contributed by atoms with E-state index in [0.29, 0.717) is 0 Å². The van der Waals surface area contributed by atoms with Crippen LogP contribution in [0.2, 0.25) is 0 Å². The Morgan fingerprint density at radius 3 is 2.56 bits per heavy atom. The molecule has 0 spiro atoms. The lowest BCUT2D eigenvalue weighted by molar-refractivity contribution is 1.11. The van der Waals surface area contributed by atoms with Crippen molar-refractivity contribution >= 4 is 17.2 Å². The molecule has 3 N–H and O–H groups in total. The normalized spacial score (nSPS) is 8.00. The number of thiophene rings is 1. The number of halogens is 1. The standard InChI is InChI=1S/C5H6N2S.FH/c6-5(7)4-2-1-3-8-4;/h1-3H,(H3,6,7);1H. The third-order valence-electron chi connectivity index (χ3n) is 0.787. The predicted octanol–water partition coefficient (Wildman–Crippen LogP) is 1.18. The van der Waals surface area contributed by atoms with Gasteiger partial charge in [-0.3, -0.25) is 10.1 Å². The van der Waals surface area contributed by atoms with E-state index in [1.54, 1.807) is 0 Å². The van der Waals surface area contributed by atoms with E-state index in [0.717, 1.165) is 4.88 Å². The van der Waals surface area contributed by atoms with E-state index >= 15 is 0 Å². The molecule has 0 saturated carbocycles. The quantitative estimate of drug-likeness (QED) is 0.453.